The Morgan fingerprint density at radius 2 is 1.88 bits per heavy atom. The highest BCUT2D eigenvalue weighted by atomic mass is 16.5. The van der Waals surface area contributed by atoms with Gasteiger partial charge in [0.05, 0.1) is 6.61 Å². The zero-order valence-corrected chi connectivity index (χ0v) is 14.5. The number of anilines is 1. The van der Waals surface area contributed by atoms with Crippen LogP contribution in [0.5, 0.6) is 5.75 Å². The minimum absolute atomic E-state index is 0.534. The molecule has 0 aliphatic rings. The lowest BCUT2D eigenvalue weighted by Gasteiger charge is -2.23. The first-order chi connectivity index (χ1) is 11.6. The third kappa shape index (κ3) is 3.18. The molecule has 0 fully saturated rings. The largest absolute Gasteiger partial charge is 0.494 e. The predicted octanol–water partition coefficient (Wildman–Crippen LogP) is 3.66. The zero-order chi connectivity index (χ0) is 17.1. The molecule has 0 saturated heterocycles. The van der Waals surface area contributed by atoms with Crippen LogP contribution in [0.25, 0.3) is 11.2 Å². The smallest absolute Gasteiger partial charge is 0.252 e. The lowest BCUT2D eigenvalue weighted by Crippen LogP contribution is -2.24. The Morgan fingerprint density at radius 3 is 2.62 bits per heavy atom. The fraction of sp³-hybridized carbons (Fsp3) is 0.389. The molecule has 0 bridgehead atoms. The highest BCUT2D eigenvalue weighted by Crippen LogP contribution is 2.27. The van der Waals surface area contributed by atoms with Crippen molar-refractivity contribution in [2.24, 2.45) is 0 Å². The molecule has 24 heavy (non-hydrogen) atoms. The first kappa shape index (κ1) is 16.2. The topological polar surface area (TPSA) is 64.3 Å². The quantitative estimate of drug-likeness (QED) is 0.689. The molecule has 0 N–H and O–H groups in total. The summed E-state index contributed by atoms with van der Waals surface area (Å²) < 4.78 is 11.3. The van der Waals surface area contributed by atoms with Gasteiger partial charge in [-0.2, -0.15) is 4.98 Å². The molecule has 126 valence electrons. The first-order valence-corrected chi connectivity index (χ1v) is 8.19. The van der Waals surface area contributed by atoms with Gasteiger partial charge in [-0.3, -0.25) is 0 Å². The van der Waals surface area contributed by atoms with Crippen LogP contribution in [-0.4, -0.2) is 28.1 Å². The second kappa shape index (κ2) is 6.86. The highest BCUT2D eigenvalue weighted by Gasteiger charge is 2.18. The number of rotatable bonds is 6. The van der Waals surface area contributed by atoms with E-state index in [-0.39, 0.29) is 0 Å². The number of aromatic nitrogens is 3. The van der Waals surface area contributed by atoms with Crippen LogP contribution in [0.2, 0.25) is 0 Å². The van der Waals surface area contributed by atoms with Gasteiger partial charge in [-0.15, -0.1) is 0 Å². The molecule has 6 heteroatoms. The lowest BCUT2D eigenvalue weighted by atomic mass is 10.2. The van der Waals surface area contributed by atoms with Gasteiger partial charge in [-0.1, -0.05) is 18.2 Å². The zero-order valence-electron chi connectivity index (χ0n) is 14.5. The lowest BCUT2D eigenvalue weighted by molar-refractivity contribution is 0.336. The summed E-state index contributed by atoms with van der Waals surface area (Å²) in [5.74, 6) is 2.96. The van der Waals surface area contributed by atoms with E-state index in [4.69, 9.17) is 9.15 Å². The van der Waals surface area contributed by atoms with E-state index in [9.17, 15) is 0 Å². The van der Waals surface area contributed by atoms with Crippen LogP contribution in [-0.2, 0) is 6.54 Å². The van der Waals surface area contributed by atoms with E-state index in [1.165, 1.54) is 0 Å². The molecule has 3 aromatic rings. The fourth-order valence-electron chi connectivity index (χ4n) is 2.71. The molecule has 0 aliphatic carbocycles. The minimum Gasteiger partial charge on any atom is -0.494 e. The third-order valence-electron chi connectivity index (χ3n) is 3.77. The standard InChI is InChI=1S/C18H22N4O2/c1-5-22(11-14-9-7-8-10-15(14)23-6-2)17-16-18(20-12(3)19-17)24-13(4)21-16/h7-10H,5-6,11H2,1-4H3. The van der Waals surface area contributed by atoms with Crippen LogP contribution in [0.4, 0.5) is 5.82 Å². The summed E-state index contributed by atoms with van der Waals surface area (Å²) in [6.45, 7) is 9.89. The van der Waals surface area contributed by atoms with Gasteiger partial charge in [0, 0.05) is 25.6 Å². The number of ether oxygens (including phenoxy) is 1. The van der Waals surface area contributed by atoms with Crippen molar-refractivity contribution in [3.05, 3.63) is 41.5 Å². The maximum atomic E-state index is 5.74. The van der Waals surface area contributed by atoms with Crippen molar-refractivity contribution in [2.75, 3.05) is 18.1 Å². The molecule has 0 amide bonds. The summed E-state index contributed by atoms with van der Waals surface area (Å²) in [6, 6.07) is 8.08. The number of nitrogens with zero attached hydrogens (tertiary/aromatic N) is 4. The van der Waals surface area contributed by atoms with E-state index in [1.54, 1.807) is 0 Å². The van der Waals surface area contributed by atoms with E-state index < -0.39 is 0 Å². The second-order valence-corrected chi connectivity index (χ2v) is 5.54. The van der Waals surface area contributed by atoms with Crippen molar-refractivity contribution in [2.45, 2.75) is 34.2 Å². The predicted molar refractivity (Wildman–Crippen MR) is 93.4 cm³/mol. The van der Waals surface area contributed by atoms with Crippen LogP contribution in [0, 0.1) is 13.8 Å². The number of fused-ring (bicyclic) bond motifs is 1. The van der Waals surface area contributed by atoms with Crippen molar-refractivity contribution in [1.82, 2.24) is 15.0 Å². The minimum atomic E-state index is 0.534. The van der Waals surface area contributed by atoms with Gasteiger partial charge in [-0.05, 0) is 26.8 Å². The van der Waals surface area contributed by atoms with Gasteiger partial charge in [0.2, 0.25) is 0 Å². The molecule has 2 aromatic heterocycles. The summed E-state index contributed by atoms with van der Waals surface area (Å²) in [5, 5.41) is 0. The van der Waals surface area contributed by atoms with Crippen molar-refractivity contribution in [3.63, 3.8) is 0 Å². The molecule has 1 aromatic carbocycles. The van der Waals surface area contributed by atoms with Crippen molar-refractivity contribution >= 4 is 17.0 Å². The molecule has 0 atom stereocenters. The molecule has 3 rings (SSSR count). The van der Waals surface area contributed by atoms with Crippen LogP contribution in [0.3, 0.4) is 0 Å². The molecule has 2 heterocycles. The molecule has 0 spiro atoms. The maximum absolute atomic E-state index is 5.74. The monoisotopic (exact) mass is 326 g/mol. The summed E-state index contributed by atoms with van der Waals surface area (Å²) in [5.41, 5.74) is 2.35. The Morgan fingerprint density at radius 1 is 1.08 bits per heavy atom. The normalized spacial score (nSPS) is 11.0. The Labute approximate surface area is 141 Å². The molecule has 6 nitrogen and oxygen atoms in total. The molecule has 0 radical (unpaired) electrons. The Bertz CT molecular complexity index is 844. The second-order valence-electron chi connectivity index (χ2n) is 5.54. The molecule has 0 aliphatic heterocycles. The van der Waals surface area contributed by atoms with Gasteiger partial charge in [0.1, 0.15) is 11.6 Å². The van der Waals surface area contributed by atoms with Gasteiger partial charge in [0.25, 0.3) is 5.71 Å². The van der Waals surface area contributed by atoms with Crippen LogP contribution < -0.4 is 9.64 Å². The van der Waals surface area contributed by atoms with E-state index in [2.05, 4.69) is 32.8 Å². The van der Waals surface area contributed by atoms with Gasteiger partial charge in [-0.25, -0.2) is 9.97 Å². The number of aryl methyl sites for hydroxylation is 2. The molecule has 0 saturated carbocycles. The number of hydrogen-bond acceptors (Lipinski definition) is 6. The number of para-hydroxylation sites is 1. The van der Waals surface area contributed by atoms with Gasteiger partial charge >= 0.3 is 0 Å². The Hall–Kier alpha value is -2.63. The van der Waals surface area contributed by atoms with Crippen LogP contribution in [0.1, 0.15) is 31.1 Å². The average Bonchev–Trinajstić information content (AvgIpc) is 2.93. The van der Waals surface area contributed by atoms with Gasteiger partial charge in [0.15, 0.2) is 17.2 Å². The van der Waals surface area contributed by atoms with Crippen LogP contribution in [0.15, 0.2) is 28.7 Å². The van der Waals surface area contributed by atoms with Crippen molar-refractivity contribution < 1.29 is 9.15 Å². The first-order valence-electron chi connectivity index (χ1n) is 8.19. The summed E-state index contributed by atoms with van der Waals surface area (Å²) in [6.07, 6.45) is 0. The average molecular weight is 326 g/mol. The van der Waals surface area contributed by atoms with Crippen molar-refractivity contribution in [1.29, 1.82) is 0 Å². The van der Waals surface area contributed by atoms with E-state index in [0.29, 0.717) is 36.1 Å². The Balaban J connectivity index is 2.01. The number of benzene rings is 1. The Kier molecular flexibility index (Phi) is 4.64. The molecular formula is C18H22N4O2. The SMILES string of the molecule is CCOc1ccccc1CN(CC)c1nc(C)nc2oc(C)nc12. The molecule has 0 unspecified atom stereocenters. The van der Waals surface area contributed by atoms with Crippen LogP contribution >= 0.6 is 0 Å². The fourth-order valence-corrected chi connectivity index (χ4v) is 2.71. The summed E-state index contributed by atoms with van der Waals surface area (Å²) in [7, 11) is 0. The number of oxazole rings is 1. The highest BCUT2D eigenvalue weighted by molar-refractivity contribution is 5.82. The van der Waals surface area contributed by atoms with E-state index in [1.807, 2.05) is 39.0 Å². The summed E-state index contributed by atoms with van der Waals surface area (Å²) in [4.78, 5) is 15.6. The van der Waals surface area contributed by atoms with Gasteiger partial charge < -0.3 is 14.1 Å². The maximum Gasteiger partial charge on any atom is 0.252 e. The number of hydrogen-bond donors (Lipinski definition) is 0. The van der Waals surface area contributed by atoms with E-state index in [0.717, 1.165) is 23.7 Å². The van der Waals surface area contributed by atoms with Crippen molar-refractivity contribution in [3.8, 4) is 5.75 Å². The molecular weight excluding hydrogens is 304 g/mol. The summed E-state index contributed by atoms with van der Waals surface area (Å²) >= 11 is 0. The van der Waals surface area contributed by atoms with E-state index >= 15 is 0 Å². The third-order valence-corrected chi connectivity index (χ3v) is 3.77.